The molecule has 0 aliphatic heterocycles. The number of halogens is 2. The van der Waals surface area contributed by atoms with Gasteiger partial charge in [0.05, 0.1) is 6.54 Å². The van der Waals surface area contributed by atoms with E-state index < -0.39 is 0 Å². The molecule has 0 spiro atoms. The SMILES string of the molecule is CN(C(=O)CNC(=O)c1ccc(Cl)cc1)c1nnc(-c2ccc(Br)cc2)s1. The molecule has 0 unspecified atom stereocenters. The van der Waals surface area contributed by atoms with Crippen LogP contribution in [0.5, 0.6) is 0 Å². The Bertz CT molecular complexity index is 960. The summed E-state index contributed by atoms with van der Waals surface area (Å²) in [6.07, 6.45) is 0. The molecule has 27 heavy (non-hydrogen) atoms. The summed E-state index contributed by atoms with van der Waals surface area (Å²) in [6.45, 7) is -0.148. The van der Waals surface area contributed by atoms with E-state index >= 15 is 0 Å². The van der Waals surface area contributed by atoms with E-state index in [0.29, 0.717) is 20.7 Å². The number of carbonyl (C=O) groups is 2. The molecule has 0 saturated heterocycles. The Kier molecular flexibility index (Phi) is 6.20. The molecule has 1 N–H and O–H groups in total. The zero-order valence-corrected chi connectivity index (χ0v) is 17.3. The zero-order valence-electron chi connectivity index (χ0n) is 14.1. The van der Waals surface area contributed by atoms with E-state index in [0.717, 1.165) is 10.0 Å². The molecule has 3 aromatic rings. The quantitative estimate of drug-likeness (QED) is 0.618. The number of likely N-dealkylation sites (N-methyl/N-ethyl adjacent to an activating group) is 1. The van der Waals surface area contributed by atoms with Crippen molar-refractivity contribution in [3.8, 4) is 10.6 Å². The lowest BCUT2D eigenvalue weighted by Gasteiger charge is -2.13. The van der Waals surface area contributed by atoms with Crippen LogP contribution in [0.2, 0.25) is 5.02 Å². The molecule has 0 aliphatic rings. The second-order valence-electron chi connectivity index (χ2n) is 5.54. The molecule has 2 aromatic carbocycles. The molecule has 9 heteroatoms. The van der Waals surface area contributed by atoms with Gasteiger partial charge in [-0.05, 0) is 36.4 Å². The number of hydrogen-bond donors (Lipinski definition) is 1. The first-order valence-electron chi connectivity index (χ1n) is 7.84. The molecule has 6 nitrogen and oxygen atoms in total. The van der Waals surface area contributed by atoms with Crippen molar-refractivity contribution in [3.63, 3.8) is 0 Å². The highest BCUT2D eigenvalue weighted by Gasteiger charge is 2.17. The highest BCUT2D eigenvalue weighted by molar-refractivity contribution is 9.10. The Morgan fingerprint density at radius 1 is 1.11 bits per heavy atom. The second kappa shape index (κ2) is 8.60. The topological polar surface area (TPSA) is 75.2 Å². The van der Waals surface area contributed by atoms with Crippen molar-refractivity contribution in [2.75, 3.05) is 18.5 Å². The van der Waals surface area contributed by atoms with Crippen molar-refractivity contribution in [1.29, 1.82) is 0 Å². The van der Waals surface area contributed by atoms with Gasteiger partial charge in [0.25, 0.3) is 5.91 Å². The minimum atomic E-state index is -0.346. The molecule has 3 rings (SSSR count). The molecule has 2 amide bonds. The van der Waals surface area contributed by atoms with Gasteiger partial charge in [0.2, 0.25) is 11.0 Å². The number of rotatable bonds is 5. The van der Waals surface area contributed by atoms with Gasteiger partial charge in [-0.2, -0.15) is 0 Å². The summed E-state index contributed by atoms with van der Waals surface area (Å²) in [5, 5.41) is 12.5. The van der Waals surface area contributed by atoms with Crippen molar-refractivity contribution < 1.29 is 9.59 Å². The predicted octanol–water partition coefficient (Wildman–Crippen LogP) is 4.01. The maximum absolute atomic E-state index is 12.3. The fourth-order valence-electron chi connectivity index (χ4n) is 2.14. The lowest BCUT2D eigenvalue weighted by molar-refractivity contribution is -0.117. The van der Waals surface area contributed by atoms with Gasteiger partial charge in [0.15, 0.2) is 0 Å². The maximum Gasteiger partial charge on any atom is 0.251 e. The van der Waals surface area contributed by atoms with Gasteiger partial charge in [-0.15, -0.1) is 10.2 Å². The van der Waals surface area contributed by atoms with Crippen molar-refractivity contribution >= 4 is 55.8 Å². The molecule has 0 saturated carbocycles. The number of nitrogens with one attached hydrogen (secondary N) is 1. The fourth-order valence-corrected chi connectivity index (χ4v) is 3.36. The van der Waals surface area contributed by atoms with Gasteiger partial charge in [-0.3, -0.25) is 14.5 Å². The second-order valence-corrected chi connectivity index (χ2v) is 7.85. The highest BCUT2D eigenvalue weighted by Crippen LogP contribution is 2.29. The molecule has 1 aromatic heterocycles. The van der Waals surface area contributed by atoms with Crippen LogP contribution in [-0.2, 0) is 4.79 Å². The van der Waals surface area contributed by atoms with Gasteiger partial charge < -0.3 is 5.32 Å². The van der Waals surface area contributed by atoms with Crippen LogP contribution >= 0.6 is 38.9 Å². The average molecular weight is 466 g/mol. The van der Waals surface area contributed by atoms with Crippen LogP contribution in [0.3, 0.4) is 0 Å². The molecular weight excluding hydrogens is 452 g/mol. The Hall–Kier alpha value is -2.29. The number of anilines is 1. The van der Waals surface area contributed by atoms with Gasteiger partial charge >= 0.3 is 0 Å². The molecular formula is C18H14BrClN4O2S. The third-order valence-electron chi connectivity index (χ3n) is 3.67. The van der Waals surface area contributed by atoms with E-state index in [-0.39, 0.29) is 18.4 Å². The Balaban J connectivity index is 1.61. The lowest BCUT2D eigenvalue weighted by Crippen LogP contribution is -2.38. The third-order valence-corrected chi connectivity index (χ3v) is 5.50. The van der Waals surface area contributed by atoms with Crippen molar-refractivity contribution in [3.05, 3.63) is 63.6 Å². The fraction of sp³-hybridized carbons (Fsp3) is 0.111. The highest BCUT2D eigenvalue weighted by atomic mass is 79.9. The van der Waals surface area contributed by atoms with Crippen LogP contribution in [0.4, 0.5) is 5.13 Å². The van der Waals surface area contributed by atoms with Gasteiger partial charge in [0.1, 0.15) is 5.01 Å². The summed E-state index contributed by atoms with van der Waals surface area (Å²) in [4.78, 5) is 25.8. The monoisotopic (exact) mass is 464 g/mol. The molecule has 0 radical (unpaired) electrons. The molecule has 1 heterocycles. The summed E-state index contributed by atoms with van der Waals surface area (Å²) in [7, 11) is 1.60. The molecule has 0 atom stereocenters. The number of carbonyl (C=O) groups excluding carboxylic acids is 2. The zero-order chi connectivity index (χ0) is 19.4. The smallest absolute Gasteiger partial charge is 0.251 e. The minimum absolute atomic E-state index is 0.148. The Labute approximate surface area is 173 Å². The van der Waals surface area contributed by atoms with Crippen molar-refractivity contribution in [1.82, 2.24) is 15.5 Å². The normalized spacial score (nSPS) is 10.5. The van der Waals surface area contributed by atoms with Gasteiger partial charge in [0, 0.05) is 27.7 Å². The van der Waals surface area contributed by atoms with E-state index in [2.05, 4.69) is 31.4 Å². The average Bonchev–Trinajstić information content (AvgIpc) is 3.16. The Morgan fingerprint density at radius 2 is 1.78 bits per heavy atom. The van der Waals surface area contributed by atoms with E-state index in [1.54, 1.807) is 31.3 Å². The van der Waals surface area contributed by atoms with Gasteiger partial charge in [-0.25, -0.2) is 0 Å². The van der Waals surface area contributed by atoms with Crippen molar-refractivity contribution in [2.45, 2.75) is 0 Å². The minimum Gasteiger partial charge on any atom is -0.343 e. The largest absolute Gasteiger partial charge is 0.343 e. The number of hydrogen-bond acceptors (Lipinski definition) is 5. The summed E-state index contributed by atoms with van der Waals surface area (Å²) in [5.74, 6) is -0.642. The first kappa shape index (κ1) is 19.5. The summed E-state index contributed by atoms with van der Waals surface area (Å²) in [6, 6.07) is 14.1. The standard InChI is InChI=1S/C18H14BrClN4O2S/c1-24(15(25)10-21-16(26)11-4-8-14(20)9-5-11)18-23-22-17(27-18)12-2-6-13(19)7-3-12/h2-9H,10H2,1H3,(H,21,26). The number of amides is 2. The first-order valence-corrected chi connectivity index (χ1v) is 9.82. The van der Waals surface area contributed by atoms with Crippen molar-refractivity contribution in [2.24, 2.45) is 0 Å². The number of benzene rings is 2. The number of nitrogens with zero attached hydrogens (tertiary/aromatic N) is 3. The van der Waals surface area contributed by atoms with E-state index in [1.165, 1.54) is 16.2 Å². The molecule has 0 bridgehead atoms. The summed E-state index contributed by atoms with van der Waals surface area (Å²) >= 11 is 10.5. The van der Waals surface area contributed by atoms with E-state index in [9.17, 15) is 9.59 Å². The Morgan fingerprint density at radius 3 is 2.44 bits per heavy atom. The van der Waals surface area contributed by atoms with Crippen LogP contribution in [-0.4, -0.2) is 35.6 Å². The van der Waals surface area contributed by atoms with Gasteiger partial charge in [-0.1, -0.05) is 51.0 Å². The molecule has 0 aliphatic carbocycles. The van der Waals surface area contributed by atoms with Crippen LogP contribution in [0.15, 0.2) is 53.0 Å². The molecule has 138 valence electrons. The van der Waals surface area contributed by atoms with Crippen LogP contribution in [0, 0.1) is 0 Å². The van der Waals surface area contributed by atoms with Crippen LogP contribution in [0.1, 0.15) is 10.4 Å². The lowest BCUT2D eigenvalue weighted by atomic mass is 10.2. The summed E-state index contributed by atoms with van der Waals surface area (Å²) in [5.41, 5.74) is 1.35. The molecule has 0 fully saturated rings. The van der Waals surface area contributed by atoms with E-state index in [4.69, 9.17) is 11.6 Å². The summed E-state index contributed by atoms with van der Waals surface area (Å²) < 4.78 is 0.972. The van der Waals surface area contributed by atoms with Crippen LogP contribution < -0.4 is 10.2 Å². The maximum atomic E-state index is 12.3. The van der Waals surface area contributed by atoms with Crippen LogP contribution in [0.25, 0.3) is 10.6 Å². The first-order chi connectivity index (χ1) is 12.9. The third kappa shape index (κ3) is 4.91. The number of aromatic nitrogens is 2. The predicted molar refractivity (Wildman–Crippen MR) is 110 cm³/mol. The van der Waals surface area contributed by atoms with E-state index in [1.807, 2.05) is 24.3 Å².